The minimum Gasteiger partial charge on any atom is -0.338 e. The van der Waals surface area contributed by atoms with Crippen molar-refractivity contribution >= 4 is 17.5 Å². The minimum absolute atomic E-state index is 0.345. The second-order valence-electron chi connectivity index (χ2n) is 5.38. The average molecular weight is 228 g/mol. The number of amides is 1. The van der Waals surface area contributed by atoms with Gasteiger partial charge in [-0.05, 0) is 43.9 Å². The molecule has 15 heavy (non-hydrogen) atoms. The highest BCUT2D eigenvalue weighted by atomic mass is 35.5. The molecule has 0 N–H and O–H groups in total. The van der Waals surface area contributed by atoms with Crippen LogP contribution < -0.4 is 0 Å². The molecule has 1 amide bonds. The van der Waals surface area contributed by atoms with E-state index in [1.807, 2.05) is 0 Å². The third-order valence-corrected chi connectivity index (χ3v) is 4.36. The number of hydrogen-bond donors (Lipinski definition) is 0. The van der Waals surface area contributed by atoms with Gasteiger partial charge < -0.3 is 4.90 Å². The molecule has 3 saturated carbocycles. The lowest BCUT2D eigenvalue weighted by Gasteiger charge is -2.25. The Bertz CT molecular complexity index is 267. The fraction of sp³-hybridized carbons (Fsp3) is 0.917. The Kier molecular flexibility index (Phi) is 2.42. The highest BCUT2D eigenvalue weighted by Gasteiger charge is 2.49. The van der Waals surface area contributed by atoms with Gasteiger partial charge in [-0.25, -0.2) is 0 Å². The topological polar surface area (TPSA) is 20.3 Å². The Morgan fingerprint density at radius 2 is 1.87 bits per heavy atom. The summed E-state index contributed by atoms with van der Waals surface area (Å²) in [6, 6.07) is 0.535. The monoisotopic (exact) mass is 227 g/mol. The van der Waals surface area contributed by atoms with E-state index in [9.17, 15) is 4.79 Å². The summed E-state index contributed by atoms with van der Waals surface area (Å²) < 4.78 is 0. The van der Waals surface area contributed by atoms with E-state index in [1.165, 1.54) is 19.3 Å². The molecule has 0 aromatic heterocycles. The van der Waals surface area contributed by atoms with E-state index in [0.29, 0.717) is 23.7 Å². The van der Waals surface area contributed by atoms with E-state index in [0.717, 1.165) is 31.2 Å². The van der Waals surface area contributed by atoms with E-state index in [1.54, 1.807) is 0 Å². The van der Waals surface area contributed by atoms with Gasteiger partial charge >= 0.3 is 0 Å². The number of fused-ring (bicyclic) bond motifs is 1. The molecule has 3 aliphatic rings. The van der Waals surface area contributed by atoms with Gasteiger partial charge in [-0.2, -0.15) is 0 Å². The number of carbonyl (C=O) groups is 1. The van der Waals surface area contributed by atoms with Crippen molar-refractivity contribution in [1.82, 2.24) is 4.90 Å². The predicted molar refractivity (Wildman–Crippen MR) is 59.8 cm³/mol. The standard InChI is InChI=1S/C12H18ClNO/c13-3-4-14(11-1-2-11)12(15)10-6-8-5-9(8)7-10/h8-11H,1-7H2. The van der Waals surface area contributed by atoms with Crippen molar-refractivity contribution in [1.29, 1.82) is 0 Å². The first-order valence-corrected chi connectivity index (χ1v) is 6.69. The largest absolute Gasteiger partial charge is 0.338 e. The zero-order valence-electron chi connectivity index (χ0n) is 8.99. The Morgan fingerprint density at radius 1 is 1.20 bits per heavy atom. The molecule has 2 unspecified atom stereocenters. The summed E-state index contributed by atoms with van der Waals surface area (Å²) >= 11 is 5.76. The Balaban J connectivity index is 1.60. The van der Waals surface area contributed by atoms with Gasteiger partial charge in [0.05, 0.1) is 0 Å². The van der Waals surface area contributed by atoms with E-state index >= 15 is 0 Å². The number of rotatable bonds is 4. The molecule has 0 spiro atoms. The smallest absolute Gasteiger partial charge is 0.225 e. The first kappa shape index (κ1) is 9.95. The molecule has 0 aliphatic heterocycles. The third-order valence-electron chi connectivity index (χ3n) is 4.19. The van der Waals surface area contributed by atoms with Crippen LogP contribution in [0.4, 0.5) is 0 Å². The van der Waals surface area contributed by atoms with Crippen molar-refractivity contribution in [2.75, 3.05) is 12.4 Å². The van der Waals surface area contributed by atoms with Crippen LogP contribution in [0.2, 0.25) is 0 Å². The second-order valence-corrected chi connectivity index (χ2v) is 5.75. The number of hydrogen-bond acceptors (Lipinski definition) is 1. The van der Waals surface area contributed by atoms with Gasteiger partial charge in [-0.1, -0.05) is 0 Å². The summed E-state index contributed by atoms with van der Waals surface area (Å²) in [5.41, 5.74) is 0. The summed E-state index contributed by atoms with van der Waals surface area (Å²) in [6.07, 6.45) is 6.11. The van der Waals surface area contributed by atoms with Crippen molar-refractivity contribution in [3.05, 3.63) is 0 Å². The summed E-state index contributed by atoms with van der Waals surface area (Å²) in [6.45, 7) is 0.761. The molecule has 0 saturated heterocycles. The molecular weight excluding hydrogens is 210 g/mol. The van der Waals surface area contributed by atoms with Crippen LogP contribution in [0.25, 0.3) is 0 Å². The maximum Gasteiger partial charge on any atom is 0.225 e. The van der Waals surface area contributed by atoms with Crippen LogP contribution in [0, 0.1) is 17.8 Å². The zero-order valence-corrected chi connectivity index (χ0v) is 9.75. The van der Waals surface area contributed by atoms with Crippen molar-refractivity contribution in [2.24, 2.45) is 17.8 Å². The number of halogens is 1. The fourth-order valence-corrected chi connectivity index (χ4v) is 3.28. The van der Waals surface area contributed by atoms with Crippen molar-refractivity contribution in [3.63, 3.8) is 0 Å². The molecule has 0 heterocycles. The number of nitrogens with zero attached hydrogens (tertiary/aromatic N) is 1. The van der Waals surface area contributed by atoms with E-state index in [2.05, 4.69) is 4.90 Å². The highest BCUT2D eigenvalue weighted by Crippen LogP contribution is 2.54. The van der Waals surface area contributed by atoms with Gasteiger partial charge in [0.2, 0.25) is 5.91 Å². The van der Waals surface area contributed by atoms with Crippen molar-refractivity contribution in [2.45, 2.75) is 38.1 Å². The molecule has 2 atom stereocenters. The average Bonchev–Trinajstić information content (AvgIpc) is 3.15. The lowest BCUT2D eigenvalue weighted by atomic mass is 10.0. The van der Waals surface area contributed by atoms with E-state index in [-0.39, 0.29) is 0 Å². The van der Waals surface area contributed by atoms with Crippen molar-refractivity contribution < 1.29 is 4.79 Å². The van der Waals surface area contributed by atoms with Crippen LogP contribution in [0.15, 0.2) is 0 Å². The van der Waals surface area contributed by atoms with Crippen LogP contribution in [0.1, 0.15) is 32.1 Å². The summed E-state index contributed by atoms with van der Waals surface area (Å²) in [7, 11) is 0. The summed E-state index contributed by atoms with van der Waals surface area (Å²) in [5, 5.41) is 0. The minimum atomic E-state index is 0.345. The first-order valence-electron chi connectivity index (χ1n) is 6.16. The fourth-order valence-electron chi connectivity index (χ4n) is 3.10. The van der Waals surface area contributed by atoms with Crippen LogP contribution >= 0.6 is 11.6 Å². The molecule has 0 aromatic rings. The van der Waals surface area contributed by atoms with Crippen LogP contribution in [-0.2, 0) is 4.79 Å². The summed E-state index contributed by atoms with van der Waals surface area (Å²) in [4.78, 5) is 14.3. The van der Waals surface area contributed by atoms with Crippen LogP contribution in [0.3, 0.4) is 0 Å². The Labute approximate surface area is 96.0 Å². The normalized spacial score (nSPS) is 37.5. The lowest BCUT2D eigenvalue weighted by Crippen LogP contribution is -2.38. The van der Waals surface area contributed by atoms with Gasteiger partial charge in [-0.3, -0.25) is 4.79 Å². The molecule has 2 nitrogen and oxygen atoms in total. The first-order chi connectivity index (χ1) is 7.29. The van der Waals surface area contributed by atoms with Gasteiger partial charge in [0, 0.05) is 24.4 Å². The molecule has 3 fully saturated rings. The second kappa shape index (κ2) is 3.65. The molecular formula is C12H18ClNO. The van der Waals surface area contributed by atoms with E-state index < -0.39 is 0 Å². The Morgan fingerprint density at radius 3 is 2.40 bits per heavy atom. The molecule has 3 aliphatic carbocycles. The molecule has 0 aromatic carbocycles. The molecule has 84 valence electrons. The van der Waals surface area contributed by atoms with Gasteiger partial charge in [0.25, 0.3) is 0 Å². The summed E-state index contributed by atoms with van der Waals surface area (Å²) in [5.74, 6) is 3.14. The van der Waals surface area contributed by atoms with Crippen molar-refractivity contribution in [3.8, 4) is 0 Å². The predicted octanol–water partition coefficient (Wildman–Crippen LogP) is 2.26. The van der Waals surface area contributed by atoms with Gasteiger partial charge in [0.15, 0.2) is 0 Å². The number of carbonyl (C=O) groups excluding carboxylic acids is 1. The molecule has 3 rings (SSSR count). The number of alkyl halides is 1. The zero-order chi connectivity index (χ0) is 10.4. The maximum absolute atomic E-state index is 12.3. The van der Waals surface area contributed by atoms with Gasteiger partial charge in [0.1, 0.15) is 0 Å². The third kappa shape index (κ3) is 1.89. The lowest BCUT2D eigenvalue weighted by molar-refractivity contribution is -0.136. The SMILES string of the molecule is O=C(C1CC2CC2C1)N(CCCl)C1CC1. The van der Waals surface area contributed by atoms with Gasteiger partial charge in [-0.15, -0.1) is 11.6 Å². The quantitative estimate of drug-likeness (QED) is 0.675. The van der Waals surface area contributed by atoms with E-state index in [4.69, 9.17) is 11.6 Å². The highest BCUT2D eigenvalue weighted by molar-refractivity contribution is 6.18. The molecule has 0 radical (unpaired) electrons. The molecule has 0 bridgehead atoms. The van der Waals surface area contributed by atoms with Crippen LogP contribution in [-0.4, -0.2) is 29.3 Å². The Hall–Kier alpha value is -0.240. The van der Waals surface area contributed by atoms with Crippen LogP contribution in [0.5, 0.6) is 0 Å². The molecule has 3 heteroatoms. The maximum atomic E-state index is 12.3.